The summed E-state index contributed by atoms with van der Waals surface area (Å²) in [6.07, 6.45) is -4.75. The lowest BCUT2D eigenvalue weighted by atomic mass is 10.1. The van der Waals surface area contributed by atoms with Crippen LogP contribution in [0.4, 0.5) is 17.6 Å². The predicted molar refractivity (Wildman–Crippen MR) is 79.0 cm³/mol. The molecule has 0 radical (unpaired) electrons. The maximum atomic E-state index is 13.1. The van der Waals surface area contributed by atoms with Crippen molar-refractivity contribution in [3.8, 4) is 11.5 Å². The van der Waals surface area contributed by atoms with Crippen LogP contribution in [0.3, 0.4) is 0 Å². The van der Waals surface area contributed by atoms with E-state index in [2.05, 4.69) is 4.74 Å². The van der Waals surface area contributed by atoms with Crippen molar-refractivity contribution in [2.75, 3.05) is 7.11 Å². The van der Waals surface area contributed by atoms with Crippen molar-refractivity contribution in [2.24, 2.45) is 0 Å². The monoisotopic (exact) mass is 362 g/mol. The second-order valence-electron chi connectivity index (χ2n) is 4.83. The number of ether oxygens (including phenoxy) is 2. The molecular formula is C16H11ClF4O3. The molecule has 2 aromatic carbocycles. The Morgan fingerprint density at radius 3 is 2.33 bits per heavy atom. The van der Waals surface area contributed by atoms with E-state index in [1.54, 1.807) is 6.92 Å². The van der Waals surface area contributed by atoms with Crippen LogP contribution in [0, 0.1) is 12.7 Å². The highest BCUT2D eigenvalue weighted by molar-refractivity contribution is 6.31. The number of alkyl halides is 3. The molecule has 2 rings (SSSR count). The van der Waals surface area contributed by atoms with Gasteiger partial charge in [-0.25, -0.2) is 9.18 Å². The molecule has 0 saturated heterocycles. The molecule has 24 heavy (non-hydrogen) atoms. The highest BCUT2D eigenvalue weighted by Gasteiger charge is 2.35. The third-order valence-corrected chi connectivity index (χ3v) is 3.45. The zero-order chi connectivity index (χ0) is 18.1. The predicted octanol–water partition coefficient (Wildman–Crippen LogP) is 5.39. The van der Waals surface area contributed by atoms with Gasteiger partial charge >= 0.3 is 12.1 Å². The van der Waals surface area contributed by atoms with E-state index in [0.29, 0.717) is 11.6 Å². The number of aryl methyl sites for hydroxylation is 1. The SMILES string of the molecule is COC(=O)c1cc(C(F)(F)F)c(Cl)cc1Oc1ccc(F)cc1C. The zero-order valence-corrected chi connectivity index (χ0v) is 13.3. The van der Waals surface area contributed by atoms with Crippen LogP contribution in [0.25, 0.3) is 0 Å². The number of rotatable bonds is 3. The number of halogens is 5. The number of methoxy groups -OCH3 is 1. The summed E-state index contributed by atoms with van der Waals surface area (Å²) < 4.78 is 61.9. The normalized spacial score (nSPS) is 11.3. The Bertz CT molecular complexity index is 788. The van der Waals surface area contributed by atoms with Crippen LogP contribution in [0.5, 0.6) is 11.5 Å². The Labute approximate surface area is 139 Å². The molecule has 0 atom stereocenters. The lowest BCUT2D eigenvalue weighted by Crippen LogP contribution is -2.11. The van der Waals surface area contributed by atoms with Crippen molar-refractivity contribution in [2.45, 2.75) is 13.1 Å². The first-order chi connectivity index (χ1) is 11.1. The van der Waals surface area contributed by atoms with Gasteiger partial charge in [0, 0.05) is 6.07 Å². The fraction of sp³-hybridized carbons (Fsp3) is 0.188. The highest BCUT2D eigenvalue weighted by atomic mass is 35.5. The van der Waals surface area contributed by atoms with Crippen molar-refractivity contribution in [3.05, 3.63) is 57.9 Å². The summed E-state index contributed by atoms with van der Waals surface area (Å²) in [6.45, 7) is 1.54. The van der Waals surface area contributed by atoms with Crippen molar-refractivity contribution in [1.82, 2.24) is 0 Å². The largest absolute Gasteiger partial charge is 0.465 e. The molecule has 0 aliphatic carbocycles. The van der Waals surface area contributed by atoms with Crippen LogP contribution >= 0.6 is 11.6 Å². The summed E-state index contributed by atoms with van der Waals surface area (Å²) in [5.41, 5.74) is -1.24. The number of hydrogen-bond acceptors (Lipinski definition) is 3. The molecule has 0 N–H and O–H groups in total. The number of hydrogen-bond donors (Lipinski definition) is 0. The van der Waals surface area contributed by atoms with E-state index in [1.165, 1.54) is 12.1 Å². The van der Waals surface area contributed by atoms with Gasteiger partial charge in [0.25, 0.3) is 0 Å². The topological polar surface area (TPSA) is 35.5 Å². The lowest BCUT2D eigenvalue weighted by molar-refractivity contribution is -0.137. The summed E-state index contributed by atoms with van der Waals surface area (Å²) in [7, 11) is 1.02. The number of benzene rings is 2. The molecule has 0 aromatic heterocycles. The van der Waals surface area contributed by atoms with E-state index >= 15 is 0 Å². The summed E-state index contributed by atoms with van der Waals surface area (Å²) in [5.74, 6) is -1.59. The molecule has 128 valence electrons. The van der Waals surface area contributed by atoms with E-state index in [9.17, 15) is 22.4 Å². The smallest absolute Gasteiger partial charge is 0.417 e. The molecule has 0 heterocycles. The molecule has 3 nitrogen and oxygen atoms in total. The molecule has 0 saturated carbocycles. The van der Waals surface area contributed by atoms with Crippen LogP contribution < -0.4 is 4.74 Å². The van der Waals surface area contributed by atoms with Gasteiger partial charge < -0.3 is 9.47 Å². The maximum absolute atomic E-state index is 13.1. The van der Waals surface area contributed by atoms with Crippen LogP contribution in [-0.2, 0) is 10.9 Å². The van der Waals surface area contributed by atoms with Crippen LogP contribution in [0.1, 0.15) is 21.5 Å². The van der Waals surface area contributed by atoms with Crippen molar-refractivity contribution in [3.63, 3.8) is 0 Å². The Hall–Kier alpha value is -2.28. The van der Waals surface area contributed by atoms with Crippen molar-refractivity contribution in [1.29, 1.82) is 0 Å². The van der Waals surface area contributed by atoms with Gasteiger partial charge in [-0.3, -0.25) is 0 Å². The molecule has 0 unspecified atom stereocenters. The second kappa shape index (κ2) is 6.68. The summed E-state index contributed by atoms with van der Waals surface area (Å²) in [5, 5.41) is -0.634. The number of carbonyl (C=O) groups is 1. The number of esters is 1. The Morgan fingerprint density at radius 1 is 1.12 bits per heavy atom. The minimum absolute atomic E-state index is 0.164. The van der Waals surface area contributed by atoms with Gasteiger partial charge in [-0.2, -0.15) is 13.2 Å². The first-order valence-corrected chi connectivity index (χ1v) is 6.94. The Balaban J connectivity index is 2.56. The van der Waals surface area contributed by atoms with Gasteiger partial charge in [0.1, 0.15) is 22.9 Å². The maximum Gasteiger partial charge on any atom is 0.417 e. The first-order valence-electron chi connectivity index (χ1n) is 6.56. The molecule has 0 spiro atoms. The summed E-state index contributed by atoms with van der Waals surface area (Å²) in [6, 6.07) is 5.02. The second-order valence-corrected chi connectivity index (χ2v) is 5.24. The Morgan fingerprint density at radius 2 is 1.79 bits per heavy atom. The number of carbonyl (C=O) groups excluding carboxylic acids is 1. The molecule has 2 aromatic rings. The molecule has 8 heteroatoms. The van der Waals surface area contributed by atoms with E-state index < -0.39 is 34.1 Å². The fourth-order valence-electron chi connectivity index (χ4n) is 1.97. The molecule has 0 bridgehead atoms. The van der Waals surface area contributed by atoms with Crippen LogP contribution in [-0.4, -0.2) is 13.1 Å². The van der Waals surface area contributed by atoms with Crippen molar-refractivity contribution < 1.29 is 31.8 Å². The van der Waals surface area contributed by atoms with Crippen LogP contribution in [0.15, 0.2) is 30.3 Å². The van der Waals surface area contributed by atoms with E-state index in [4.69, 9.17) is 16.3 Å². The molecule has 0 aliphatic heterocycles. The van der Waals surface area contributed by atoms with E-state index in [1.807, 2.05) is 0 Å². The molecule has 0 fully saturated rings. The van der Waals surface area contributed by atoms with Crippen molar-refractivity contribution >= 4 is 17.6 Å². The standard InChI is InChI=1S/C16H11ClF4O3/c1-8-5-9(18)3-4-13(8)24-14-7-12(17)11(16(19,20)21)6-10(14)15(22)23-2/h3-7H,1-2H3. The van der Waals surface area contributed by atoms with Gasteiger partial charge in [0.2, 0.25) is 0 Å². The first kappa shape index (κ1) is 18.1. The van der Waals surface area contributed by atoms with Gasteiger partial charge in [-0.1, -0.05) is 11.6 Å². The minimum Gasteiger partial charge on any atom is -0.465 e. The average molecular weight is 363 g/mol. The highest BCUT2D eigenvalue weighted by Crippen LogP contribution is 2.40. The molecule has 0 amide bonds. The van der Waals surface area contributed by atoms with E-state index in [-0.39, 0.29) is 11.5 Å². The quantitative estimate of drug-likeness (QED) is 0.543. The van der Waals surface area contributed by atoms with Gasteiger partial charge in [0.05, 0.1) is 17.7 Å². The summed E-state index contributed by atoms with van der Waals surface area (Å²) in [4.78, 5) is 11.8. The minimum atomic E-state index is -4.75. The zero-order valence-electron chi connectivity index (χ0n) is 12.5. The van der Waals surface area contributed by atoms with Gasteiger partial charge in [0.15, 0.2) is 0 Å². The van der Waals surface area contributed by atoms with Gasteiger partial charge in [-0.15, -0.1) is 0 Å². The third-order valence-electron chi connectivity index (χ3n) is 3.14. The fourth-order valence-corrected chi connectivity index (χ4v) is 2.23. The van der Waals surface area contributed by atoms with Gasteiger partial charge in [-0.05, 0) is 36.8 Å². The molecular weight excluding hydrogens is 352 g/mol. The molecule has 0 aliphatic rings. The Kier molecular flexibility index (Phi) is 5.03. The average Bonchev–Trinajstić information content (AvgIpc) is 2.48. The lowest BCUT2D eigenvalue weighted by Gasteiger charge is -2.16. The van der Waals surface area contributed by atoms with E-state index in [0.717, 1.165) is 19.2 Å². The summed E-state index contributed by atoms with van der Waals surface area (Å²) >= 11 is 5.65. The van der Waals surface area contributed by atoms with Crippen LogP contribution in [0.2, 0.25) is 5.02 Å². The third kappa shape index (κ3) is 3.79.